The fraction of sp³-hybridized carbons (Fsp3) is 0.500. The Morgan fingerprint density at radius 1 is 1.38 bits per heavy atom. The normalized spacial score (nSPS) is 32.0. The first kappa shape index (κ1) is 15.5. The Kier molecular flexibility index (Phi) is 4.19. The van der Waals surface area contributed by atoms with Crippen molar-refractivity contribution in [2.45, 2.75) is 37.1 Å². The number of nitrogens with zero attached hydrogens (tertiary/aromatic N) is 3. The van der Waals surface area contributed by atoms with E-state index in [9.17, 15) is 5.11 Å². The van der Waals surface area contributed by atoms with Gasteiger partial charge in [0, 0.05) is 6.54 Å². The van der Waals surface area contributed by atoms with Crippen LogP contribution in [0.25, 0.3) is 0 Å². The van der Waals surface area contributed by atoms with Crippen molar-refractivity contribution in [1.29, 1.82) is 0 Å². The molecular weight excluding hydrogens is 312 g/mol. The molecule has 0 unspecified atom stereocenters. The molecule has 128 valence electrons. The third-order valence-electron chi connectivity index (χ3n) is 4.57. The fourth-order valence-corrected chi connectivity index (χ4v) is 3.29. The lowest BCUT2D eigenvalue weighted by atomic mass is 9.96. The van der Waals surface area contributed by atoms with Crippen LogP contribution in [0.1, 0.15) is 11.6 Å². The number of methoxy groups -OCH3 is 1. The van der Waals surface area contributed by atoms with E-state index in [0.717, 1.165) is 11.3 Å². The highest BCUT2D eigenvalue weighted by Crippen LogP contribution is 2.35. The number of rotatable bonds is 5. The summed E-state index contributed by atoms with van der Waals surface area (Å²) >= 11 is 0. The number of fused-ring (bicyclic) bond motifs is 2. The van der Waals surface area contributed by atoms with Crippen LogP contribution in [0.3, 0.4) is 0 Å². The molecule has 8 heteroatoms. The second kappa shape index (κ2) is 6.48. The van der Waals surface area contributed by atoms with E-state index >= 15 is 0 Å². The van der Waals surface area contributed by atoms with Crippen LogP contribution in [0, 0.1) is 0 Å². The SMILES string of the molecule is COc1ccc(CN[C@H]2[C@H](O)[C@@H](n3cncn3)[C@@H]3OC[C@H]2O3)cc1. The predicted octanol–water partition coefficient (Wildman–Crippen LogP) is 0.102. The number of ether oxygens (including phenoxy) is 3. The standard InChI is InChI=1S/C16H20N4O4/c1-22-11-4-2-10(3-5-11)6-18-13-12-7-23-16(24-12)14(15(13)21)20-9-17-8-19-20/h2-5,8-9,12-16,18,21H,6-7H2,1H3/t12-,13-,14-,15+,16-/m1/s1. The Labute approximate surface area is 139 Å². The molecular formula is C16H20N4O4. The molecule has 2 aromatic rings. The summed E-state index contributed by atoms with van der Waals surface area (Å²) in [5, 5.41) is 18.3. The number of benzene rings is 1. The van der Waals surface area contributed by atoms with Gasteiger partial charge in [0.1, 0.15) is 30.5 Å². The van der Waals surface area contributed by atoms with Crippen LogP contribution in [-0.2, 0) is 16.0 Å². The van der Waals surface area contributed by atoms with Crippen LogP contribution >= 0.6 is 0 Å². The first-order chi connectivity index (χ1) is 11.8. The molecule has 0 aliphatic carbocycles. The Balaban J connectivity index is 1.47. The Bertz CT molecular complexity index is 663. The molecule has 0 radical (unpaired) electrons. The highest BCUT2D eigenvalue weighted by atomic mass is 16.7. The molecule has 0 spiro atoms. The minimum absolute atomic E-state index is 0.178. The smallest absolute Gasteiger partial charge is 0.183 e. The van der Waals surface area contributed by atoms with Gasteiger partial charge in [-0.2, -0.15) is 5.10 Å². The zero-order valence-corrected chi connectivity index (χ0v) is 13.3. The molecule has 2 bridgehead atoms. The zero-order chi connectivity index (χ0) is 16.5. The first-order valence-electron chi connectivity index (χ1n) is 7.92. The summed E-state index contributed by atoms with van der Waals surface area (Å²) in [7, 11) is 1.64. The van der Waals surface area contributed by atoms with E-state index in [1.807, 2.05) is 24.3 Å². The van der Waals surface area contributed by atoms with Crippen LogP contribution in [0.2, 0.25) is 0 Å². The van der Waals surface area contributed by atoms with E-state index in [1.54, 1.807) is 18.1 Å². The van der Waals surface area contributed by atoms with Crippen molar-refractivity contribution in [2.24, 2.45) is 0 Å². The van der Waals surface area contributed by atoms with Gasteiger partial charge in [-0.05, 0) is 17.7 Å². The molecule has 5 atom stereocenters. The third-order valence-corrected chi connectivity index (χ3v) is 4.57. The van der Waals surface area contributed by atoms with Crippen molar-refractivity contribution in [3.8, 4) is 5.75 Å². The van der Waals surface area contributed by atoms with Gasteiger partial charge in [-0.1, -0.05) is 12.1 Å². The number of aliphatic hydroxyl groups excluding tert-OH is 1. The van der Waals surface area contributed by atoms with Gasteiger partial charge in [-0.3, -0.25) is 0 Å². The van der Waals surface area contributed by atoms with Gasteiger partial charge in [-0.25, -0.2) is 9.67 Å². The fourth-order valence-electron chi connectivity index (χ4n) is 3.29. The van der Waals surface area contributed by atoms with Crippen molar-refractivity contribution in [2.75, 3.05) is 13.7 Å². The van der Waals surface area contributed by atoms with Crippen molar-refractivity contribution in [3.05, 3.63) is 42.5 Å². The maximum atomic E-state index is 10.8. The van der Waals surface area contributed by atoms with Gasteiger partial charge >= 0.3 is 0 Å². The molecule has 2 aliphatic heterocycles. The van der Waals surface area contributed by atoms with E-state index in [-0.39, 0.29) is 12.1 Å². The van der Waals surface area contributed by atoms with Crippen LogP contribution in [0.4, 0.5) is 0 Å². The third kappa shape index (κ3) is 2.78. The van der Waals surface area contributed by atoms with Crippen LogP contribution in [0.5, 0.6) is 5.75 Å². The largest absolute Gasteiger partial charge is 0.497 e. The average molecular weight is 332 g/mol. The molecule has 2 fully saturated rings. The van der Waals surface area contributed by atoms with Crippen molar-refractivity contribution < 1.29 is 19.3 Å². The van der Waals surface area contributed by atoms with Crippen LogP contribution < -0.4 is 10.1 Å². The second-order valence-corrected chi connectivity index (χ2v) is 5.99. The van der Waals surface area contributed by atoms with Crippen LogP contribution in [-0.4, -0.2) is 58.1 Å². The topological polar surface area (TPSA) is 90.7 Å². The van der Waals surface area contributed by atoms with Crippen molar-refractivity contribution >= 4 is 0 Å². The summed E-state index contributed by atoms with van der Waals surface area (Å²) in [6.45, 7) is 1.06. The highest BCUT2D eigenvalue weighted by Gasteiger charge is 2.51. The van der Waals surface area contributed by atoms with Gasteiger partial charge < -0.3 is 24.6 Å². The summed E-state index contributed by atoms with van der Waals surface area (Å²) in [6.07, 6.45) is 1.65. The summed E-state index contributed by atoms with van der Waals surface area (Å²) < 4.78 is 18.3. The Morgan fingerprint density at radius 2 is 2.21 bits per heavy atom. The first-order valence-corrected chi connectivity index (χ1v) is 7.92. The van der Waals surface area contributed by atoms with E-state index in [1.165, 1.54) is 6.33 Å². The molecule has 0 saturated carbocycles. The van der Waals surface area contributed by atoms with Crippen molar-refractivity contribution in [1.82, 2.24) is 20.1 Å². The highest BCUT2D eigenvalue weighted by molar-refractivity contribution is 5.27. The van der Waals surface area contributed by atoms with E-state index < -0.39 is 18.4 Å². The number of hydrogen-bond acceptors (Lipinski definition) is 7. The summed E-state index contributed by atoms with van der Waals surface area (Å²) in [6, 6.07) is 7.14. The van der Waals surface area contributed by atoms with Crippen molar-refractivity contribution in [3.63, 3.8) is 0 Å². The molecule has 2 N–H and O–H groups in total. The molecule has 1 aromatic heterocycles. The van der Waals surface area contributed by atoms with E-state index in [4.69, 9.17) is 14.2 Å². The summed E-state index contributed by atoms with van der Waals surface area (Å²) in [5.74, 6) is 0.818. The molecule has 8 nitrogen and oxygen atoms in total. The molecule has 1 aromatic carbocycles. The van der Waals surface area contributed by atoms with Gasteiger partial charge in [-0.15, -0.1) is 0 Å². The summed E-state index contributed by atoms with van der Waals surface area (Å²) in [4.78, 5) is 3.95. The number of aromatic nitrogens is 3. The lowest BCUT2D eigenvalue weighted by molar-refractivity contribution is -0.168. The Morgan fingerprint density at radius 3 is 2.92 bits per heavy atom. The van der Waals surface area contributed by atoms with Gasteiger partial charge in [0.05, 0.1) is 25.9 Å². The predicted molar refractivity (Wildman–Crippen MR) is 83.3 cm³/mol. The zero-order valence-electron chi connectivity index (χ0n) is 13.3. The Hall–Kier alpha value is -2.00. The monoisotopic (exact) mass is 332 g/mol. The molecule has 24 heavy (non-hydrogen) atoms. The van der Waals surface area contributed by atoms with Gasteiger partial charge in [0.15, 0.2) is 6.29 Å². The van der Waals surface area contributed by atoms with E-state index in [0.29, 0.717) is 13.2 Å². The maximum Gasteiger partial charge on any atom is 0.183 e. The maximum absolute atomic E-state index is 10.8. The lowest BCUT2D eigenvalue weighted by Crippen LogP contribution is -2.57. The molecule has 2 saturated heterocycles. The average Bonchev–Trinajstić information content (AvgIpc) is 3.27. The van der Waals surface area contributed by atoms with E-state index in [2.05, 4.69) is 15.4 Å². The molecule has 0 amide bonds. The second-order valence-electron chi connectivity index (χ2n) is 5.99. The molecule has 2 aliphatic rings. The number of nitrogens with one attached hydrogen (secondary N) is 1. The van der Waals surface area contributed by atoms with Gasteiger partial charge in [0.25, 0.3) is 0 Å². The van der Waals surface area contributed by atoms with Gasteiger partial charge in [0.2, 0.25) is 0 Å². The molecule has 3 heterocycles. The van der Waals surface area contributed by atoms with Crippen LogP contribution in [0.15, 0.2) is 36.9 Å². The number of hydrogen-bond donors (Lipinski definition) is 2. The molecule has 4 rings (SSSR count). The minimum atomic E-state index is -0.684. The lowest BCUT2D eigenvalue weighted by Gasteiger charge is -2.38. The number of aliphatic hydroxyl groups is 1. The summed E-state index contributed by atoms with van der Waals surface area (Å²) in [5.41, 5.74) is 1.10. The minimum Gasteiger partial charge on any atom is -0.497 e. The quantitative estimate of drug-likeness (QED) is 0.802.